The lowest BCUT2D eigenvalue weighted by molar-refractivity contribution is -0.248. The Morgan fingerprint density at radius 3 is 1.67 bits per heavy atom. The molecule has 0 aliphatic carbocycles. The van der Waals surface area contributed by atoms with Gasteiger partial charge in [0.2, 0.25) is 0 Å². The maximum absolute atomic E-state index is 9.44. The molecule has 0 aromatic carbocycles. The van der Waals surface area contributed by atoms with Gasteiger partial charge in [0.1, 0.15) is 5.78 Å². The van der Waals surface area contributed by atoms with Crippen molar-refractivity contribution in [3.63, 3.8) is 0 Å². The third kappa shape index (κ3) is 11.3. The van der Waals surface area contributed by atoms with Crippen molar-refractivity contribution < 1.29 is 14.6 Å². The number of ketones is 1. The van der Waals surface area contributed by atoms with E-state index in [-0.39, 0.29) is 5.78 Å². The summed E-state index contributed by atoms with van der Waals surface area (Å²) in [6.07, 6.45) is 1.06. The van der Waals surface area contributed by atoms with Gasteiger partial charge < -0.3 is 4.79 Å². The zero-order valence-electron chi connectivity index (χ0n) is 5.85. The van der Waals surface area contributed by atoms with Gasteiger partial charge in [0.15, 0.2) is 0 Å². The van der Waals surface area contributed by atoms with Gasteiger partial charge in [0.05, 0.1) is 13.2 Å². The van der Waals surface area contributed by atoms with E-state index in [1.54, 1.807) is 0 Å². The zero-order valence-corrected chi connectivity index (χ0v) is 5.85. The molecule has 1 fully saturated rings. The largest absolute Gasteiger partial charge is 0.300 e. The standard InChI is InChI=1S/C3H6O2.C3H6O/c1-2-4-5-3-1;1-3(2)4/h1-3H2;1-2H3. The van der Waals surface area contributed by atoms with Gasteiger partial charge in [-0.1, -0.05) is 0 Å². The highest BCUT2D eigenvalue weighted by Gasteiger charge is 1.95. The first-order valence-corrected chi connectivity index (χ1v) is 2.95. The summed E-state index contributed by atoms with van der Waals surface area (Å²) < 4.78 is 0. The summed E-state index contributed by atoms with van der Waals surface area (Å²) in [5, 5.41) is 0. The first-order chi connectivity index (χ1) is 4.23. The van der Waals surface area contributed by atoms with E-state index in [9.17, 15) is 4.79 Å². The monoisotopic (exact) mass is 132 g/mol. The van der Waals surface area contributed by atoms with Gasteiger partial charge in [0.25, 0.3) is 0 Å². The number of Topliss-reactive ketones (excluding diaryl/α,β-unsaturated/α-hetero) is 1. The molecule has 0 spiro atoms. The van der Waals surface area contributed by atoms with E-state index in [1.165, 1.54) is 13.8 Å². The van der Waals surface area contributed by atoms with Crippen molar-refractivity contribution in [3.8, 4) is 0 Å². The fraction of sp³-hybridized carbons (Fsp3) is 0.833. The molecule has 3 heteroatoms. The molecule has 1 heterocycles. The Morgan fingerprint density at radius 1 is 1.22 bits per heavy atom. The second-order valence-electron chi connectivity index (χ2n) is 1.91. The van der Waals surface area contributed by atoms with Crippen LogP contribution in [-0.2, 0) is 14.6 Å². The molecule has 1 aliphatic heterocycles. The van der Waals surface area contributed by atoms with Crippen LogP contribution in [0.2, 0.25) is 0 Å². The van der Waals surface area contributed by atoms with Gasteiger partial charge in [-0.3, -0.25) is 0 Å². The Balaban J connectivity index is 0.000000148. The molecule has 0 radical (unpaired) electrons. The van der Waals surface area contributed by atoms with Crippen LogP contribution in [0.1, 0.15) is 20.3 Å². The van der Waals surface area contributed by atoms with Crippen LogP contribution in [0.15, 0.2) is 0 Å². The highest BCUT2D eigenvalue weighted by Crippen LogP contribution is 1.93. The zero-order chi connectivity index (χ0) is 7.11. The minimum absolute atomic E-state index is 0.167. The minimum Gasteiger partial charge on any atom is -0.300 e. The summed E-state index contributed by atoms with van der Waals surface area (Å²) in [5.74, 6) is 0.167. The first kappa shape index (κ1) is 8.59. The summed E-state index contributed by atoms with van der Waals surface area (Å²) >= 11 is 0. The number of hydrogen-bond acceptors (Lipinski definition) is 3. The molecule has 0 amide bonds. The van der Waals surface area contributed by atoms with Crippen LogP contribution in [0, 0.1) is 0 Å². The molecule has 1 aliphatic rings. The molecule has 0 atom stereocenters. The average Bonchev–Trinajstić information content (AvgIpc) is 2.11. The van der Waals surface area contributed by atoms with Crippen molar-refractivity contribution in [2.24, 2.45) is 0 Å². The van der Waals surface area contributed by atoms with Crippen molar-refractivity contribution in [2.45, 2.75) is 20.3 Å². The van der Waals surface area contributed by atoms with E-state index in [4.69, 9.17) is 0 Å². The maximum Gasteiger partial charge on any atom is 0.126 e. The third-order valence-corrected chi connectivity index (χ3v) is 0.539. The Kier molecular flexibility index (Phi) is 5.46. The van der Waals surface area contributed by atoms with E-state index in [1.807, 2.05) is 0 Å². The quantitative estimate of drug-likeness (QED) is 0.460. The fourth-order valence-corrected chi connectivity index (χ4v) is 0.295. The van der Waals surface area contributed by atoms with Gasteiger partial charge in [0, 0.05) is 6.42 Å². The summed E-state index contributed by atoms with van der Waals surface area (Å²) in [6.45, 7) is 4.61. The van der Waals surface area contributed by atoms with Crippen LogP contribution in [0.5, 0.6) is 0 Å². The average molecular weight is 132 g/mol. The van der Waals surface area contributed by atoms with Gasteiger partial charge in [-0.05, 0) is 13.8 Å². The number of rotatable bonds is 0. The predicted octanol–water partition coefficient (Wildman–Crippen LogP) is 0.934. The smallest absolute Gasteiger partial charge is 0.126 e. The SMILES string of the molecule is C1COOC1.CC(C)=O. The minimum atomic E-state index is 0.167. The molecule has 1 rings (SSSR count). The van der Waals surface area contributed by atoms with Crippen molar-refractivity contribution in [1.82, 2.24) is 0 Å². The lowest BCUT2D eigenvalue weighted by Crippen LogP contribution is -1.72. The van der Waals surface area contributed by atoms with Crippen LogP contribution in [0.3, 0.4) is 0 Å². The van der Waals surface area contributed by atoms with Gasteiger partial charge >= 0.3 is 0 Å². The molecule has 0 N–H and O–H groups in total. The van der Waals surface area contributed by atoms with Crippen molar-refractivity contribution in [1.29, 1.82) is 0 Å². The molecule has 0 bridgehead atoms. The Labute approximate surface area is 54.9 Å². The molecular formula is C6H12O3. The highest BCUT2D eigenvalue weighted by atomic mass is 17.2. The van der Waals surface area contributed by atoms with E-state index < -0.39 is 0 Å². The number of hydrogen-bond donors (Lipinski definition) is 0. The van der Waals surface area contributed by atoms with Gasteiger partial charge in [-0.15, -0.1) is 0 Å². The van der Waals surface area contributed by atoms with E-state index in [0.717, 1.165) is 19.6 Å². The Hall–Kier alpha value is -0.410. The molecule has 0 aromatic rings. The van der Waals surface area contributed by atoms with Crippen LogP contribution in [0.25, 0.3) is 0 Å². The summed E-state index contributed by atoms with van der Waals surface area (Å²) in [6, 6.07) is 0. The van der Waals surface area contributed by atoms with Gasteiger partial charge in [-0.25, -0.2) is 9.78 Å². The molecule has 54 valence electrons. The molecular weight excluding hydrogens is 120 g/mol. The summed E-state index contributed by atoms with van der Waals surface area (Å²) in [4.78, 5) is 18.3. The topological polar surface area (TPSA) is 35.5 Å². The summed E-state index contributed by atoms with van der Waals surface area (Å²) in [5.41, 5.74) is 0. The second kappa shape index (κ2) is 5.72. The van der Waals surface area contributed by atoms with Crippen LogP contribution >= 0.6 is 0 Å². The lowest BCUT2D eigenvalue weighted by Gasteiger charge is -1.77. The normalized spacial score (nSPS) is 16.2. The highest BCUT2D eigenvalue weighted by molar-refractivity contribution is 5.72. The van der Waals surface area contributed by atoms with Crippen LogP contribution < -0.4 is 0 Å². The van der Waals surface area contributed by atoms with Crippen molar-refractivity contribution in [3.05, 3.63) is 0 Å². The van der Waals surface area contributed by atoms with Crippen LogP contribution in [-0.4, -0.2) is 19.0 Å². The number of carbonyl (C=O) groups is 1. The fourth-order valence-electron chi connectivity index (χ4n) is 0.295. The summed E-state index contributed by atoms with van der Waals surface area (Å²) in [7, 11) is 0. The molecule has 9 heavy (non-hydrogen) atoms. The first-order valence-electron chi connectivity index (χ1n) is 2.95. The molecule has 0 aromatic heterocycles. The number of carbonyl (C=O) groups excluding carboxylic acids is 1. The third-order valence-electron chi connectivity index (χ3n) is 0.539. The molecule has 3 nitrogen and oxygen atoms in total. The Morgan fingerprint density at radius 2 is 1.56 bits per heavy atom. The van der Waals surface area contributed by atoms with Gasteiger partial charge in [-0.2, -0.15) is 0 Å². The van der Waals surface area contributed by atoms with Crippen molar-refractivity contribution >= 4 is 5.78 Å². The second-order valence-corrected chi connectivity index (χ2v) is 1.91. The molecule has 1 saturated heterocycles. The van der Waals surface area contributed by atoms with E-state index >= 15 is 0 Å². The van der Waals surface area contributed by atoms with E-state index in [2.05, 4.69) is 9.78 Å². The van der Waals surface area contributed by atoms with E-state index in [0.29, 0.717) is 0 Å². The predicted molar refractivity (Wildman–Crippen MR) is 32.9 cm³/mol. The van der Waals surface area contributed by atoms with Crippen molar-refractivity contribution in [2.75, 3.05) is 13.2 Å². The maximum atomic E-state index is 9.44. The molecule has 0 unspecified atom stereocenters. The molecule has 0 saturated carbocycles. The lowest BCUT2D eigenvalue weighted by atomic mass is 10.5. The van der Waals surface area contributed by atoms with Crippen LogP contribution in [0.4, 0.5) is 0 Å². The Bertz CT molecular complexity index is 64.8.